The van der Waals surface area contributed by atoms with Gasteiger partial charge in [0.15, 0.2) is 0 Å². The van der Waals surface area contributed by atoms with E-state index in [0.29, 0.717) is 23.8 Å². The molecule has 5 nitrogen and oxygen atoms in total. The highest BCUT2D eigenvalue weighted by molar-refractivity contribution is 6.49. The van der Waals surface area contributed by atoms with Crippen molar-refractivity contribution in [3.63, 3.8) is 0 Å². The van der Waals surface area contributed by atoms with E-state index in [1.54, 1.807) is 0 Å². The van der Waals surface area contributed by atoms with Crippen LogP contribution in [0.1, 0.15) is 107 Å². The number of aliphatic hydroxyl groups excluding tert-OH is 1. The molecule has 5 aliphatic rings. The second-order valence-corrected chi connectivity index (χ2v) is 15.0. The van der Waals surface area contributed by atoms with E-state index >= 15 is 0 Å². The van der Waals surface area contributed by atoms with Crippen molar-refractivity contribution in [2.24, 2.45) is 50.7 Å². The third-order valence-electron chi connectivity index (χ3n) is 13.1. The Labute approximate surface area is 223 Å². The molecular formula is C32H48O5. The summed E-state index contributed by atoms with van der Waals surface area (Å²) in [5.41, 5.74) is 0.882. The maximum Gasteiger partial charge on any atom is 0.302 e. The van der Waals surface area contributed by atoms with Crippen molar-refractivity contribution >= 4 is 17.5 Å². The summed E-state index contributed by atoms with van der Waals surface area (Å²) < 4.78 is 5.53. The van der Waals surface area contributed by atoms with E-state index < -0.39 is 11.4 Å². The fourth-order valence-corrected chi connectivity index (χ4v) is 10.9. The molecule has 4 saturated carbocycles. The lowest BCUT2D eigenvalue weighted by Crippen LogP contribution is -2.66. The Balaban J connectivity index is 1.61. The lowest BCUT2D eigenvalue weighted by Gasteiger charge is -2.72. The number of Topliss-reactive ketones (excluding diaryl/α,β-unsaturated/α-hetero) is 2. The molecule has 0 amide bonds. The van der Waals surface area contributed by atoms with E-state index in [1.165, 1.54) is 6.92 Å². The van der Waals surface area contributed by atoms with E-state index in [4.69, 9.17) is 4.74 Å². The Morgan fingerprint density at radius 1 is 0.919 bits per heavy atom. The molecule has 0 saturated heterocycles. The summed E-state index contributed by atoms with van der Waals surface area (Å²) in [5.74, 6) is 0.0649. The number of allylic oxidation sites excluding steroid dienone is 1. The highest BCUT2D eigenvalue weighted by Gasteiger charge is 2.71. The van der Waals surface area contributed by atoms with Gasteiger partial charge in [-0.3, -0.25) is 14.4 Å². The van der Waals surface area contributed by atoms with Gasteiger partial charge in [0.2, 0.25) is 11.6 Å². The number of hydrogen-bond acceptors (Lipinski definition) is 5. The summed E-state index contributed by atoms with van der Waals surface area (Å²) in [6, 6.07) is 0. The molecule has 8 atom stereocenters. The molecule has 0 bridgehead atoms. The first-order valence-electron chi connectivity index (χ1n) is 14.7. The number of aliphatic hydroxyl groups is 1. The second kappa shape index (κ2) is 8.26. The zero-order chi connectivity index (χ0) is 27.3. The largest absolute Gasteiger partial charge is 0.464 e. The van der Waals surface area contributed by atoms with Crippen LogP contribution < -0.4 is 0 Å². The molecule has 1 N–H and O–H groups in total. The Bertz CT molecular complexity index is 1070. The van der Waals surface area contributed by atoms with Crippen molar-refractivity contribution in [3.8, 4) is 0 Å². The summed E-state index contributed by atoms with van der Waals surface area (Å²) in [7, 11) is 0. The highest BCUT2D eigenvalue weighted by atomic mass is 16.5. The minimum absolute atomic E-state index is 0.00293. The SMILES string of the molecule is CC(=O)OC[C@@]12CCC3(C)C(CCC4C5(C)CCC(O)C(C)(C)C5CCC43C)C1=C(C(C)C)C(=O)C2=O. The molecule has 0 heterocycles. The zero-order valence-electron chi connectivity index (χ0n) is 24.3. The maximum atomic E-state index is 13.7. The Kier molecular flexibility index (Phi) is 6.05. The van der Waals surface area contributed by atoms with Crippen molar-refractivity contribution in [1.29, 1.82) is 0 Å². The van der Waals surface area contributed by atoms with Gasteiger partial charge in [0, 0.05) is 12.5 Å². The third-order valence-corrected chi connectivity index (χ3v) is 13.1. The van der Waals surface area contributed by atoms with Crippen LogP contribution >= 0.6 is 0 Å². The van der Waals surface area contributed by atoms with Gasteiger partial charge in [0.1, 0.15) is 6.61 Å². The van der Waals surface area contributed by atoms with E-state index in [9.17, 15) is 19.5 Å². The number of fused-ring (bicyclic) bond motifs is 7. The lowest BCUT2D eigenvalue weighted by atomic mass is 9.33. The van der Waals surface area contributed by atoms with Crippen LogP contribution in [0.15, 0.2) is 11.1 Å². The normalized spacial score (nSPS) is 46.8. The van der Waals surface area contributed by atoms with E-state index in [-0.39, 0.29) is 57.8 Å². The van der Waals surface area contributed by atoms with Crippen LogP contribution in [0.3, 0.4) is 0 Å². The predicted octanol–water partition coefficient (Wildman–Crippen LogP) is 6.07. The number of esters is 1. The molecule has 37 heavy (non-hydrogen) atoms. The van der Waals surface area contributed by atoms with E-state index in [1.807, 2.05) is 13.8 Å². The molecule has 0 aromatic heterocycles. The number of ether oxygens (including phenoxy) is 1. The van der Waals surface area contributed by atoms with Gasteiger partial charge in [-0.05, 0) is 102 Å². The number of rotatable bonds is 3. The first-order valence-corrected chi connectivity index (χ1v) is 14.7. The number of ketones is 2. The van der Waals surface area contributed by atoms with Crippen LogP contribution in [-0.2, 0) is 19.1 Å². The topological polar surface area (TPSA) is 80.7 Å². The first kappa shape index (κ1) is 27.1. The van der Waals surface area contributed by atoms with Gasteiger partial charge in [0.05, 0.1) is 11.5 Å². The van der Waals surface area contributed by atoms with Crippen LogP contribution in [0.5, 0.6) is 0 Å². The first-order chi connectivity index (χ1) is 17.1. The van der Waals surface area contributed by atoms with Crippen molar-refractivity contribution in [2.45, 2.75) is 113 Å². The molecule has 206 valence electrons. The highest BCUT2D eigenvalue weighted by Crippen LogP contribution is 2.76. The van der Waals surface area contributed by atoms with E-state index in [2.05, 4.69) is 34.6 Å². The molecular weight excluding hydrogens is 464 g/mol. The molecule has 0 spiro atoms. The molecule has 5 aliphatic carbocycles. The number of hydrogen-bond donors (Lipinski definition) is 1. The Morgan fingerprint density at radius 2 is 1.59 bits per heavy atom. The molecule has 0 aromatic carbocycles. The van der Waals surface area contributed by atoms with E-state index in [0.717, 1.165) is 50.5 Å². The monoisotopic (exact) mass is 512 g/mol. The molecule has 5 heteroatoms. The van der Waals surface area contributed by atoms with Gasteiger partial charge in [-0.25, -0.2) is 0 Å². The van der Waals surface area contributed by atoms with Crippen molar-refractivity contribution in [1.82, 2.24) is 0 Å². The Morgan fingerprint density at radius 3 is 2.22 bits per heavy atom. The molecule has 0 radical (unpaired) electrons. The minimum Gasteiger partial charge on any atom is -0.464 e. The standard InChI is InChI=1S/C32H48O5/c1-18(2)24-25-20-9-10-22-29(6)13-12-23(34)28(4,5)21(29)11-14-31(22,8)30(20,7)15-16-32(25,17-37-19(3)33)27(36)26(24)35/h18,20-23,34H,9-17H2,1-8H3/t20?,21?,22?,23?,29?,30?,31?,32-/m0/s1. The summed E-state index contributed by atoms with van der Waals surface area (Å²) in [6.45, 7) is 17.4. The summed E-state index contributed by atoms with van der Waals surface area (Å²) in [5, 5.41) is 10.9. The zero-order valence-corrected chi connectivity index (χ0v) is 24.3. The molecule has 5 rings (SSSR count). The van der Waals surface area contributed by atoms with Crippen LogP contribution in [0.25, 0.3) is 0 Å². The van der Waals surface area contributed by atoms with Crippen molar-refractivity contribution < 1.29 is 24.2 Å². The summed E-state index contributed by atoms with van der Waals surface area (Å²) >= 11 is 0. The smallest absolute Gasteiger partial charge is 0.302 e. The molecule has 7 unspecified atom stereocenters. The maximum absolute atomic E-state index is 13.7. The van der Waals surface area contributed by atoms with Crippen LogP contribution in [0.4, 0.5) is 0 Å². The van der Waals surface area contributed by atoms with Crippen LogP contribution in [0, 0.1) is 50.7 Å². The predicted molar refractivity (Wildman–Crippen MR) is 142 cm³/mol. The molecule has 0 aliphatic heterocycles. The summed E-state index contributed by atoms with van der Waals surface area (Å²) in [4.78, 5) is 39.0. The fourth-order valence-electron chi connectivity index (χ4n) is 10.9. The average Bonchev–Trinajstić information content (AvgIpc) is 3.03. The number of carbonyl (C=O) groups excluding carboxylic acids is 3. The Hall–Kier alpha value is -1.49. The summed E-state index contributed by atoms with van der Waals surface area (Å²) in [6.07, 6.45) is 7.41. The second-order valence-electron chi connectivity index (χ2n) is 15.0. The molecule has 4 fully saturated rings. The van der Waals surface area contributed by atoms with Crippen molar-refractivity contribution in [2.75, 3.05) is 6.61 Å². The number of carbonyl (C=O) groups is 3. The van der Waals surface area contributed by atoms with Gasteiger partial charge >= 0.3 is 5.97 Å². The lowest BCUT2D eigenvalue weighted by molar-refractivity contribution is -0.229. The fraction of sp³-hybridized carbons (Fsp3) is 0.844. The third kappa shape index (κ3) is 3.28. The van der Waals surface area contributed by atoms with Gasteiger partial charge < -0.3 is 9.84 Å². The van der Waals surface area contributed by atoms with Crippen LogP contribution in [0.2, 0.25) is 0 Å². The minimum atomic E-state index is -0.978. The van der Waals surface area contributed by atoms with Crippen molar-refractivity contribution in [3.05, 3.63) is 11.1 Å². The van der Waals surface area contributed by atoms with Gasteiger partial charge in [-0.2, -0.15) is 0 Å². The average molecular weight is 513 g/mol. The van der Waals surface area contributed by atoms with Crippen LogP contribution in [-0.4, -0.2) is 35.4 Å². The quantitative estimate of drug-likeness (QED) is 0.367. The van der Waals surface area contributed by atoms with Gasteiger partial charge in [0.25, 0.3) is 0 Å². The van der Waals surface area contributed by atoms with Gasteiger partial charge in [-0.1, -0.05) is 48.5 Å². The van der Waals surface area contributed by atoms with Gasteiger partial charge in [-0.15, -0.1) is 0 Å². The molecule has 0 aromatic rings.